The van der Waals surface area contributed by atoms with E-state index in [-0.39, 0.29) is 30.3 Å². The van der Waals surface area contributed by atoms with Gasteiger partial charge in [-0.25, -0.2) is 4.39 Å². The molecule has 5 nitrogen and oxygen atoms in total. The topological polar surface area (TPSA) is 68.1 Å². The zero-order valence-corrected chi connectivity index (χ0v) is 14.5. The Morgan fingerprint density at radius 1 is 1.38 bits per heavy atom. The summed E-state index contributed by atoms with van der Waals surface area (Å²) in [6.45, 7) is 8.07. The molecular formula is C18H24FNO4. The molecule has 0 amide bonds. The highest BCUT2D eigenvalue weighted by Gasteiger charge is 2.28. The van der Waals surface area contributed by atoms with Gasteiger partial charge in [0.1, 0.15) is 12.2 Å². The zero-order valence-electron chi connectivity index (χ0n) is 14.5. The molecule has 1 heterocycles. The normalized spacial score (nSPS) is 17.3. The van der Waals surface area contributed by atoms with Gasteiger partial charge in [0, 0.05) is 12.0 Å². The molecule has 1 aliphatic rings. The molecule has 1 aliphatic heterocycles. The van der Waals surface area contributed by atoms with Gasteiger partial charge in [0.25, 0.3) is 0 Å². The SMILES string of the molecule is CC(C)C(OC(=O)CC1CC(c2ccc(O)c(F)c2)=NO1)C(C)C. The van der Waals surface area contributed by atoms with Crippen LogP contribution in [0.2, 0.25) is 0 Å². The first-order valence-corrected chi connectivity index (χ1v) is 8.19. The third-order valence-corrected chi connectivity index (χ3v) is 3.99. The van der Waals surface area contributed by atoms with Crippen LogP contribution in [0.5, 0.6) is 5.75 Å². The van der Waals surface area contributed by atoms with Crippen LogP contribution in [0.25, 0.3) is 0 Å². The Kier molecular flexibility index (Phi) is 5.80. The van der Waals surface area contributed by atoms with Gasteiger partial charge in [0.05, 0.1) is 12.1 Å². The minimum atomic E-state index is -0.713. The van der Waals surface area contributed by atoms with E-state index in [0.717, 1.165) is 0 Å². The van der Waals surface area contributed by atoms with Crippen LogP contribution in [-0.4, -0.2) is 29.0 Å². The number of phenolic OH excluding ortho intramolecular Hbond substituents is 1. The van der Waals surface area contributed by atoms with Crippen LogP contribution in [0.15, 0.2) is 23.4 Å². The number of ether oxygens (including phenoxy) is 1. The molecule has 24 heavy (non-hydrogen) atoms. The van der Waals surface area contributed by atoms with Crippen LogP contribution in [0, 0.1) is 17.7 Å². The van der Waals surface area contributed by atoms with Gasteiger partial charge in [-0.1, -0.05) is 32.9 Å². The second kappa shape index (κ2) is 7.64. The standard InChI is InChI=1S/C18H24FNO4/c1-10(2)18(11(3)4)23-17(22)9-13-8-15(20-24-13)12-5-6-16(21)14(19)7-12/h5-7,10-11,13,18,21H,8-9H2,1-4H3. The number of carbonyl (C=O) groups is 1. The fraction of sp³-hybridized carbons (Fsp3) is 0.556. The van der Waals surface area contributed by atoms with Crippen molar-refractivity contribution in [3.8, 4) is 5.75 Å². The number of benzene rings is 1. The third-order valence-electron chi connectivity index (χ3n) is 3.99. The number of rotatable bonds is 6. The average molecular weight is 337 g/mol. The zero-order chi connectivity index (χ0) is 17.9. The highest BCUT2D eigenvalue weighted by Crippen LogP contribution is 2.24. The van der Waals surface area contributed by atoms with Gasteiger partial charge in [-0.05, 0) is 30.0 Å². The molecule has 0 fully saturated rings. The summed E-state index contributed by atoms with van der Waals surface area (Å²) in [6.07, 6.45) is -0.0496. The minimum Gasteiger partial charge on any atom is -0.505 e. The van der Waals surface area contributed by atoms with Gasteiger partial charge in [-0.15, -0.1) is 0 Å². The van der Waals surface area contributed by atoms with Gasteiger partial charge in [0.2, 0.25) is 0 Å². The molecule has 6 heteroatoms. The molecule has 132 valence electrons. The maximum atomic E-state index is 13.4. The summed E-state index contributed by atoms with van der Waals surface area (Å²) in [4.78, 5) is 17.4. The number of nitrogens with zero attached hydrogens (tertiary/aromatic N) is 1. The molecule has 0 saturated heterocycles. The number of hydrogen-bond acceptors (Lipinski definition) is 5. The van der Waals surface area contributed by atoms with Crippen molar-refractivity contribution in [2.75, 3.05) is 0 Å². The van der Waals surface area contributed by atoms with E-state index < -0.39 is 17.7 Å². The molecule has 0 aromatic heterocycles. The maximum Gasteiger partial charge on any atom is 0.309 e. The summed E-state index contributed by atoms with van der Waals surface area (Å²) in [6, 6.07) is 4.03. The van der Waals surface area contributed by atoms with Gasteiger partial charge in [0.15, 0.2) is 11.6 Å². The predicted octanol–water partition coefficient (Wildman–Crippen LogP) is 3.64. The van der Waals surface area contributed by atoms with Gasteiger partial charge >= 0.3 is 5.97 Å². The minimum absolute atomic E-state index is 0.101. The molecule has 1 atom stereocenters. The van der Waals surface area contributed by atoms with E-state index in [4.69, 9.17) is 9.57 Å². The van der Waals surface area contributed by atoms with E-state index in [2.05, 4.69) is 5.16 Å². The second-order valence-corrected chi connectivity index (χ2v) is 6.78. The summed E-state index contributed by atoms with van der Waals surface area (Å²) < 4.78 is 19.0. The lowest BCUT2D eigenvalue weighted by molar-refractivity contribution is -0.156. The van der Waals surface area contributed by atoms with Crippen molar-refractivity contribution in [3.63, 3.8) is 0 Å². The van der Waals surface area contributed by atoms with E-state index in [1.165, 1.54) is 12.1 Å². The first-order chi connectivity index (χ1) is 11.3. The van der Waals surface area contributed by atoms with Crippen LogP contribution in [0.4, 0.5) is 4.39 Å². The molecule has 0 bridgehead atoms. The number of phenols is 1. The van der Waals surface area contributed by atoms with E-state index in [9.17, 15) is 14.3 Å². The Hall–Kier alpha value is -2.11. The molecule has 1 aromatic carbocycles. The summed E-state index contributed by atoms with van der Waals surface area (Å²) in [5, 5.41) is 13.1. The Morgan fingerprint density at radius 3 is 2.62 bits per heavy atom. The summed E-state index contributed by atoms with van der Waals surface area (Å²) in [7, 11) is 0. The lowest BCUT2D eigenvalue weighted by atomic mass is 9.96. The quantitative estimate of drug-likeness (QED) is 0.805. The lowest BCUT2D eigenvalue weighted by Gasteiger charge is -2.25. The van der Waals surface area contributed by atoms with Crippen LogP contribution >= 0.6 is 0 Å². The predicted molar refractivity (Wildman–Crippen MR) is 88.3 cm³/mol. The highest BCUT2D eigenvalue weighted by atomic mass is 19.1. The van der Waals surface area contributed by atoms with Crippen molar-refractivity contribution in [2.24, 2.45) is 17.0 Å². The van der Waals surface area contributed by atoms with Crippen molar-refractivity contribution in [2.45, 2.75) is 52.7 Å². The van der Waals surface area contributed by atoms with E-state index >= 15 is 0 Å². The van der Waals surface area contributed by atoms with E-state index in [1.807, 2.05) is 27.7 Å². The molecule has 1 unspecified atom stereocenters. The van der Waals surface area contributed by atoms with Crippen molar-refractivity contribution in [3.05, 3.63) is 29.6 Å². The first-order valence-electron chi connectivity index (χ1n) is 8.19. The number of carbonyl (C=O) groups excluding carboxylic acids is 1. The van der Waals surface area contributed by atoms with Crippen LogP contribution in [0.1, 0.15) is 46.1 Å². The molecule has 2 rings (SSSR count). The number of oxime groups is 1. The molecule has 1 N–H and O–H groups in total. The molecule has 0 aliphatic carbocycles. The van der Waals surface area contributed by atoms with Gasteiger partial charge in [-0.3, -0.25) is 4.79 Å². The first kappa shape index (κ1) is 18.2. The average Bonchev–Trinajstić information content (AvgIpc) is 2.95. The van der Waals surface area contributed by atoms with Crippen molar-refractivity contribution in [1.82, 2.24) is 0 Å². The smallest absolute Gasteiger partial charge is 0.309 e. The van der Waals surface area contributed by atoms with Crippen LogP contribution in [-0.2, 0) is 14.4 Å². The van der Waals surface area contributed by atoms with Crippen molar-refractivity contribution in [1.29, 1.82) is 0 Å². The summed E-state index contributed by atoms with van der Waals surface area (Å²) in [5.74, 6) is -0.960. The van der Waals surface area contributed by atoms with Gasteiger partial charge < -0.3 is 14.7 Å². The number of aromatic hydroxyl groups is 1. The highest BCUT2D eigenvalue weighted by molar-refractivity contribution is 6.01. The van der Waals surface area contributed by atoms with Crippen molar-refractivity contribution >= 4 is 11.7 Å². The third kappa shape index (κ3) is 4.46. The summed E-state index contributed by atoms with van der Waals surface area (Å²) in [5.41, 5.74) is 1.08. The molecule has 1 aromatic rings. The number of hydrogen-bond donors (Lipinski definition) is 1. The molecule has 0 saturated carbocycles. The van der Waals surface area contributed by atoms with E-state index in [1.54, 1.807) is 6.07 Å². The Morgan fingerprint density at radius 2 is 2.04 bits per heavy atom. The van der Waals surface area contributed by atoms with E-state index in [0.29, 0.717) is 17.7 Å². The second-order valence-electron chi connectivity index (χ2n) is 6.78. The monoisotopic (exact) mass is 337 g/mol. The maximum absolute atomic E-state index is 13.4. The number of halogens is 1. The largest absolute Gasteiger partial charge is 0.505 e. The molecule has 0 spiro atoms. The summed E-state index contributed by atoms with van der Waals surface area (Å²) >= 11 is 0. The fourth-order valence-corrected chi connectivity index (χ4v) is 2.82. The Labute approximate surface area is 141 Å². The van der Waals surface area contributed by atoms with Crippen molar-refractivity contribution < 1.29 is 23.9 Å². The fourth-order valence-electron chi connectivity index (χ4n) is 2.82. The molecule has 0 radical (unpaired) electrons. The Bertz CT molecular complexity index is 619. The Balaban J connectivity index is 1.90. The lowest BCUT2D eigenvalue weighted by Crippen LogP contribution is -2.30. The molecular weight excluding hydrogens is 313 g/mol. The van der Waals surface area contributed by atoms with Gasteiger partial charge in [-0.2, -0.15) is 0 Å². The van der Waals surface area contributed by atoms with Crippen LogP contribution in [0.3, 0.4) is 0 Å². The number of esters is 1. The van der Waals surface area contributed by atoms with Crippen LogP contribution < -0.4 is 0 Å².